The monoisotopic (exact) mass is 415 g/mol. The molecule has 4 heteroatoms. The summed E-state index contributed by atoms with van der Waals surface area (Å²) in [7, 11) is 2.95. The highest BCUT2D eigenvalue weighted by atomic mass is 32.2. The molecule has 0 spiro atoms. The number of rotatable bonds is 7. The minimum absolute atomic E-state index is 0.400. The third-order valence-corrected chi connectivity index (χ3v) is 6.89. The van der Waals surface area contributed by atoms with Crippen molar-refractivity contribution in [1.82, 2.24) is 0 Å². The first kappa shape index (κ1) is 19.9. The fraction of sp³-hybridized carbons (Fsp3) is 0.0769. The summed E-state index contributed by atoms with van der Waals surface area (Å²) in [5.41, 5.74) is 0. The van der Waals surface area contributed by atoms with E-state index in [9.17, 15) is 0 Å². The third kappa shape index (κ3) is 4.29. The summed E-state index contributed by atoms with van der Waals surface area (Å²) in [4.78, 5) is 3.41. The molecule has 0 heterocycles. The smallest absolute Gasteiger partial charge is 0.250 e. The van der Waals surface area contributed by atoms with Crippen molar-refractivity contribution in [2.75, 3.05) is 14.2 Å². The van der Waals surface area contributed by atoms with E-state index in [1.54, 1.807) is 14.2 Å². The van der Waals surface area contributed by atoms with Crippen molar-refractivity contribution in [2.45, 2.75) is 14.7 Å². The number of benzene rings is 4. The van der Waals surface area contributed by atoms with Gasteiger partial charge in [-0.1, -0.05) is 48.5 Å². The first-order valence-corrected chi connectivity index (χ1v) is 10.9. The van der Waals surface area contributed by atoms with Crippen LogP contribution in [-0.4, -0.2) is 14.2 Å². The standard InChI is InChI=1S/C26H23O3S/c1-27-20-11-9-12-21(19-20)29-25-18-10-17-24(28-2)26(25)30(22-13-5-3-6-14-22)23-15-7-4-8-16-23/h3-19H,1-2H3/q+1. The molecular weight excluding hydrogens is 392 g/mol. The largest absolute Gasteiger partial charge is 0.497 e. The van der Waals surface area contributed by atoms with Crippen molar-refractivity contribution in [1.29, 1.82) is 0 Å². The van der Waals surface area contributed by atoms with E-state index >= 15 is 0 Å². The van der Waals surface area contributed by atoms with Crippen LogP contribution in [-0.2, 0) is 10.9 Å². The molecular formula is C26H23O3S+. The number of hydrogen-bond donors (Lipinski definition) is 0. The van der Waals surface area contributed by atoms with Crippen LogP contribution in [0.15, 0.2) is 118 Å². The summed E-state index contributed by atoms with van der Waals surface area (Å²) in [5.74, 6) is 3.03. The van der Waals surface area contributed by atoms with E-state index in [0.717, 1.165) is 22.1 Å². The van der Waals surface area contributed by atoms with Gasteiger partial charge in [-0.15, -0.1) is 0 Å². The molecule has 0 atom stereocenters. The summed E-state index contributed by atoms with van der Waals surface area (Å²) < 4.78 is 17.5. The van der Waals surface area contributed by atoms with Gasteiger partial charge in [-0.25, -0.2) is 0 Å². The van der Waals surface area contributed by atoms with Crippen LogP contribution in [0.5, 0.6) is 23.0 Å². The molecule has 0 amide bonds. The minimum atomic E-state index is -0.400. The van der Waals surface area contributed by atoms with Crippen molar-refractivity contribution >= 4 is 10.9 Å². The average molecular weight is 416 g/mol. The molecule has 4 rings (SSSR count). The Morgan fingerprint density at radius 1 is 0.533 bits per heavy atom. The van der Waals surface area contributed by atoms with Gasteiger partial charge in [0.15, 0.2) is 21.3 Å². The number of ether oxygens (including phenoxy) is 3. The second-order valence-electron chi connectivity index (χ2n) is 6.50. The van der Waals surface area contributed by atoms with Gasteiger partial charge in [0.05, 0.1) is 14.2 Å². The lowest BCUT2D eigenvalue weighted by molar-refractivity contribution is 0.391. The molecule has 0 saturated carbocycles. The van der Waals surface area contributed by atoms with Gasteiger partial charge in [-0.3, -0.25) is 0 Å². The van der Waals surface area contributed by atoms with Crippen LogP contribution in [0.25, 0.3) is 0 Å². The molecule has 0 unspecified atom stereocenters. The fourth-order valence-corrected chi connectivity index (χ4v) is 5.48. The third-order valence-electron chi connectivity index (χ3n) is 4.59. The molecule has 0 aromatic heterocycles. The van der Waals surface area contributed by atoms with Gasteiger partial charge in [-0.05, 0) is 48.5 Å². The lowest BCUT2D eigenvalue weighted by atomic mass is 10.3. The van der Waals surface area contributed by atoms with E-state index in [4.69, 9.17) is 14.2 Å². The van der Waals surface area contributed by atoms with Crippen LogP contribution >= 0.6 is 0 Å². The zero-order chi connectivity index (χ0) is 20.8. The summed E-state index contributed by atoms with van der Waals surface area (Å²) in [6.45, 7) is 0. The first-order valence-electron chi connectivity index (χ1n) is 9.63. The molecule has 0 aliphatic carbocycles. The van der Waals surface area contributed by atoms with Gasteiger partial charge in [-0.2, -0.15) is 0 Å². The van der Waals surface area contributed by atoms with Crippen molar-refractivity contribution < 1.29 is 14.2 Å². The maximum Gasteiger partial charge on any atom is 0.250 e. The Morgan fingerprint density at radius 3 is 1.70 bits per heavy atom. The molecule has 150 valence electrons. The average Bonchev–Trinajstić information content (AvgIpc) is 2.81. The second kappa shape index (κ2) is 9.42. The molecule has 0 aliphatic heterocycles. The molecule has 0 fully saturated rings. The van der Waals surface area contributed by atoms with Crippen LogP contribution < -0.4 is 14.2 Å². The normalized spacial score (nSPS) is 10.6. The Bertz CT molecular complexity index is 1060. The van der Waals surface area contributed by atoms with E-state index in [-0.39, 0.29) is 0 Å². The predicted molar refractivity (Wildman–Crippen MR) is 121 cm³/mol. The number of hydrogen-bond acceptors (Lipinski definition) is 3. The molecule has 0 N–H and O–H groups in total. The molecule has 0 aliphatic rings. The Labute approximate surface area is 180 Å². The van der Waals surface area contributed by atoms with E-state index in [1.807, 2.05) is 54.6 Å². The summed E-state index contributed by atoms with van der Waals surface area (Å²) in [5, 5.41) is 0. The molecule has 4 aromatic carbocycles. The molecule has 0 saturated heterocycles. The number of methoxy groups -OCH3 is 2. The van der Waals surface area contributed by atoms with Crippen molar-refractivity contribution in [3.63, 3.8) is 0 Å². The fourth-order valence-electron chi connectivity index (χ4n) is 3.21. The highest BCUT2D eigenvalue weighted by molar-refractivity contribution is 7.97. The SMILES string of the molecule is COc1cccc(Oc2cccc(OC)c2[S+](c2ccccc2)c2ccccc2)c1. The van der Waals surface area contributed by atoms with E-state index in [0.29, 0.717) is 5.75 Å². The highest BCUT2D eigenvalue weighted by Gasteiger charge is 2.35. The molecule has 0 radical (unpaired) electrons. The van der Waals surface area contributed by atoms with Crippen molar-refractivity contribution in [3.8, 4) is 23.0 Å². The van der Waals surface area contributed by atoms with Crippen LogP contribution in [0.2, 0.25) is 0 Å². The van der Waals surface area contributed by atoms with Gasteiger partial charge in [0.2, 0.25) is 0 Å². The Balaban J connectivity index is 1.88. The van der Waals surface area contributed by atoms with E-state index in [1.165, 1.54) is 9.79 Å². The van der Waals surface area contributed by atoms with Gasteiger partial charge >= 0.3 is 0 Å². The van der Waals surface area contributed by atoms with E-state index in [2.05, 4.69) is 48.5 Å². The summed E-state index contributed by atoms with van der Waals surface area (Å²) >= 11 is 0. The van der Waals surface area contributed by atoms with Gasteiger partial charge in [0.1, 0.15) is 22.4 Å². The second-order valence-corrected chi connectivity index (χ2v) is 8.46. The van der Waals surface area contributed by atoms with Gasteiger partial charge < -0.3 is 14.2 Å². The maximum atomic E-state index is 6.37. The topological polar surface area (TPSA) is 27.7 Å². The van der Waals surface area contributed by atoms with Crippen molar-refractivity contribution in [3.05, 3.63) is 103 Å². The summed E-state index contributed by atoms with van der Waals surface area (Å²) in [6, 6.07) is 34.5. The molecule has 4 aromatic rings. The van der Waals surface area contributed by atoms with Gasteiger partial charge in [0, 0.05) is 6.07 Å². The minimum Gasteiger partial charge on any atom is -0.497 e. The highest BCUT2D eigenvalue weighted by Crippen LogP contribution is 2.43. The van der Waals surface area contributed by atoms with Crippen molar-refractivity contribution in [2.24, 2.45) is 0 Å². The van der Waals surface area contributed by atoms with Crippen LogP contribution in [0.4, 0.5) is 0 Å². The van der Waals surface area contributed by atoms with Crippen LogP contribution in [0, 0.1) is 0 Å². The molecule has 0 bridgehead atoms. The molecule has 3 nitrogen and oxygen atoms in total. The Morgan fingerprint density at radius 2 is 1.10 bits per heavy atom. The zero-order valence-corrected chi connectivity index (χ0v) is 17.8. The van der Waals surface area contributed by atoms with Gasteiger partial charge in [0.25, 0.3) is 4.90 Å². The maximum absolute atomic E-state index is 6.37. The quantitative estimate of drug-likeness (QED) is 0.319. The first-order chi connectivity index (χ1) is 14.8. The predicted octanol–water partition coefficient (Wildman–Crippen LogP) is 6.59. The Kier molecular flexibility index (Phi) is 6.26. The lowest BCUT2D eigenvalue weighted by Crippen LogP contribution is -2.08. The van der Waals surface area contributed by atoms with Crippen LogP contribution in [0.3, 0.4) is 0 Å². The summed E-state index contributed by atoms with van der Waals surface area (Å²) in [6.07, 6.45) is 0. The zero-order valence-electron chi connectivity index (χ0n) is 16.9. The lowest BCUT2D eigenvalue weighted by Gasteiger charge is -2.15. The van der Waals surface area contributed by atoms with E-state index < -0.39 is 10.9 Å². The van der Waals surface area contributed by atoms with Crippen LogP contribution in [0.1, 0.15) is 0 Å². The Hall–Kier alpha value is -3.37. The molecule has 30 heavy (non-hydrogen) atoms.